The third-order valence-corrected chi connectivity index (χ3v) is 3.66. The van der Waals surface area contributed by atoms with Gasteiger partial charge in [0.15, 0.2) is 0 Å². The van der Waals surface area contributed by atoms with Crippen molar-refractivity contribution < 1.29 is 19.1 Å². The molecule has 2 rings (SSSR count). The standard InChI is InChI=1S/C23H24N4O4/c1-3-13-30-20-11-7-5-9-18(20)16-24-26-22(28)15-23(29)27-25-17-19-10-6-8-12-21(19)31-14-4-2/h3-12,16-17H,1-2,13-15H2,(H,26,28)(H,27,29)/b24-16+,25-17+. The number of amides is 2. The molecule has 2 amide bonds. The molecule has 0 spiro atoms. The summed E-state index contributed by atoms with van der Waals surface area (Å²) >= 11 is 0. The molecule has 0 radical (unpaired) electrons. The van der Waals surface area contributed by atoms with Gasteiger partial charge >= 0.3 is 0 Å². The second-order valence-electron chi connectivity index (χ2n) is 6.04. The highest BCUT2D eigenvalue weighted by Crippen LogP contribution is 2.16. The predicted octanol–water partition coefficient (Wildman–Crippen LogP) is 2.81. The SMILES string of the molecule is C=CCOc1ccccc1/C=N/NC(=O)CC(=O)N/N=C/c1ccccc1OCC=C. The van der Waals surface area contributed by atoms with E-state index >= 15 is 0 Å². The van der Waals surface area contributed by atoms with Crippen LogP contribution in [0.25, 0.3) is 0 Å². The lowest BCUT2D eigenvalue weighted by Crippen LogP contribution is -2.27. The monoisotopic (exact) mass is 420 g/mol. The van der Waals surface area contributed by atoms with Crippen LogP contribution in [0.1, 0.15) is 17.5 Å². The zero-order valence-corrected chi connectivity index (χ0v) is 17.0. The average Bonchev–Trinajstić information content (AvgIpc) is 2.77. The van der Waals surface area contributed by atoms with E-state index in [4.69, 9.17) is 9.47 Å². The molecule has 0 atom stereocenters. The van der Waals surface area contributed by atoms with Crippen molar-refractivity contribution in [3.05, 3.63) is 85.0 Å². The Kier molecular flexibility index (Phi) is 9.76. The van der Waals surface area contributed by atoms with Crippen LogP contribution in [-0.4, -0.2) is 37.5 Å². The molecule has 0 saturated heterocycles. The van der Waals surface area contributed by atoms with Gasteiger partial charge in [0.25, 0.3) is 0 Å². The number of ether oxygens (including phenoxy) is 2. The molecule has 0 fully saturated rings. The Morgan fingerprint density at radius 1 is 0.774 bits per heavy atom. The fourth-order valence-electron chi connectivity index (χ4n) is 2.31. The van der Waals surface area contributed by atoms with Crippen LogP contribution < -0.4 is 20.3 Å². The molecule has 0 heterocycles. The molecule has 31 heavy (non-hydrogen) atoms. The van der Waals surface area contributed by atoms with E-state index in [1.807, 2.05) is 24.3 Å². The number of benzene rings is 2. The molecular weight excluding hydrogens is 396 g/mol. The maximum absolute atomic E-state index is 11.9. The Morgan fingerprint density at radius 3 is 1.61 bits per heavy atom. The van der Waals surface area contributed by atoms with Gasteiger partial charge in [0.1, 0.15) is 31.1 Å². The first kappa shape index (κ1) is 23.1. The summed E-state index contributed by atoms with van der Waals surface area (Å²) < 4.78 is 11.0. The molecule has 2 aromatic carbocycles. The second-order valence-corrected chi connectivity index (χ2v) is 6.04. The third-order valence-electron chi connectivity index (χ3n) is 3.66. The molecule has 0 aromatic heterocycles. The van der Waals surface area contributed by atoms with E-state index < -0.39 is 18.2 Å². The van der Waals surface area contributed by atoms with Gasteiger partial charge in [0.2, 0.25) is 11.8 Å². The summed E-state index contributed by atoms with van der Waals surface area (Å²) in [5, 5.41) is 7.72. The normalized spacial score (nSPS) is 10.6. The summed E-state index contributed by atoms with van der Waals surface area (Å²) in [6.07, 6.45) is 5.70. The second kappa shape index (κ2) is 13.1. The summed E-state index contributed by atoms with van der Waals surface area (Å²) in [6, 6.07) is 14.4. The molecule has 2 aromatic rings. The van der Waals surface area contributed by atoms with Gasteiger partial charge in [-0.1, -0.05) is 49.6 Å². The van der Waals surface area contributed by atoms with E-state index in [0.717, 1.165) is 0 Å². The van der Waals surface area contributed by atoms with Crippen LogP contribution in [0, 0.1) is 0 Å². The molecule has 2 N–H and O–H groups in total. The molecule has 8 heteroatoms. The van der Waals surface area contributed by atoms with Crippen LogP contribution in [0.15, 0.2) is 84.0 Å². The van der Waals surface area contributed by atoms with Crippen LogP contribution in [-0.2, 0) is 9.59 Å². The number of hydrogen-bond acceptors (Lipinski definition) is 6. The Labute approximate surface area is 181 Å². The summed E-state index contributed by atoms with van der Waals surface area (Å²) in [6.45, 7) is 7.90. The first-order valence-corrected chi connectivity index (χ1v) is 9.43. The van der Waals surface area contributed by atoms with Crippen molar-refractivity contribution in [2.75, 3.05) is 13.2 Å². The predicted molar refractivity (Wildman–Crippen MR) is 120 cm³/mol. The number of para-hydroxylation sites is 2. The number of hydrazone groups is 2. The molecule has 0 unspecified atom stereocenters. The average molecular weight is 420 g/mol. The highest BCUT2D eigenvalue weighted by molar-refractivity contribution is 5.97. The maximum atomic E-state index is 11.9. The fourth-order valence-corrected chi connectivity index (χ4v) is 2.31. The number of nitrogens with one attached hydrogen (secondary N) is 2. The van der Waals surface area contributed by atoms with E-state index in [0.29, 0.717) is 35.8 Å². The summed E-state index contributed by atoms with van der Waals surface area (Å²) in [5.41, 5.74) is 5.95. The van der Waals surface area contributed by atoms with Crippen LogP contribution in [0.5, 0.6) is 11.5 Å². The lowest BCUT2D eigenvalue weighted by atomic mass is 10.2. The smallest absolute Gasteiger partial charge is 0.249 e. The Balaban J connectivity index is 1.82. The van der Waals surface area contributed by atoms with Crippen molar-refractivity contribution in [2.45, 2.75) is 6.42 Å². The van der Waals surface area contributed by atoms with Gasteiger partial charge < -0.3 is 9.47 Å². The fraction of sp³-hybridized carbons (Fsp3) is 0.130. The number of hydrogen-bond donors (Lipinski definition) is 2. The number of carbonyl (C=O) groups is 2. The number of rotatable bonds is 12. The number of nitrogens with zero attached hydrogens (tertiary/aromatic N) is 2. The quantitative estimate of drug-likeness (QED) is 0.239. The van der Waals surface area contributed by atoms with E-state index in [1.165, 1.54) is 12.4 Å². The molecule has 0 aliphatic carbocycles. The summed E-state index contributed by atoms with van der Waals surface area (Å²) in [5.74, 6) is 0.0426. The van der Waals surface area contributed by atoms with Crippen molar-refractivity contribution >= 4 is 24.2 Å². The van der Waals surface area contributed by atoms with Crippen LogP contribution in [0.3, 0.4) is 0 Å². The van der Waals surface area contributed by atoms with Gasteiger partial charge in [-0.2, -0.15) is 10.2 Å². The molecule has 0 saturated carbocycles. The number of carbonyl (C=O) groups excluding carboxylic acids is 2. The summed E-state index contributed by atoms with van der Waals surface area (Å²) in [7, 11) is 0. The van der Waals surface area contributed by atoms with Gasteiger partial charge in [-0.05, 0) is 24.3 Å². The van der Waals surface area contributed by atoms with E-state index in [2.05, 4.69) is 34.2 Å². The maximum Gasteiger partial charge on any atom is 0.249 e. The molecule has 160 valence electrons. The van der Waals surface area contributed by atoms with Crippen molar-refractivity contribution in [3.8, 4) is 11.5 Å². The first-order valence-electron chi connectivity index (χ1n) is 9.43. The molecule has 8 nitrogen and oxygen atoms in total. The largest absolute Gasteiger partial charge is 0.489 e. The third kappa shape index (κ3) is 8.36. The Hall–Kier alpha value is -4.20. The van der Waals surface area contributed by atoms with Gasteiger partial charge in [0.05, 0.1) is 12.4 Å². The summed E-state index contributed by atoms with van der Waals surface area (Å²) in [4.78, 5) is 23.8. The molecule has 0 aliphatic heterocycles. The van der Waals surface area contributed by atoms with Crippen molar-refractivity contribution in [2.24, 2.45) is 10.2 Å². The van der Waals surface area contributed by atoms with Crippen molar-refractivity contribution in [1.29, 1.82) is 0 Å². The van der Waals surface area contributed by atoms with E-state index in [-0.39, 0.29) is 0 Å². The van der Waals surface area contributed by atoms with Crippen molar-refractivity contribution in [3.63, 3.8) is 0 Å². The molecule has 0 bridgehead atoms. The minimum Gasteiger partial charge on any atom is -0.489 e. The lowest BCUT2D eigenvalue weighted by Gasteiger charge is -2.06. The highest BCUT2D eigenvalue weighted by atomic mass is 16.5. The van der Waals surface area contributed by atoms with Crippen LogP contribution >= 0.6 is 0 Å². The topological polar surface area (TPSA) is 101 Å². The minimum absolute atomic E-state index is 0.350. The zero-order valence-electron chi connectivity index (χ0n) is 17.0. The van der Waals surface area contributed by atoms with Gasteiger partial charge in [-0.25, -0.2) is 10.9 Å². The minimum atomic E-state index is -0.580. The Morgan fingerprint density at radius 2 is 1.19 bits per heavy atom. The van der Waals surface area contributed by atoms with Crippen LogP contribution in [0.2, 0.25) is 0 Å². The van der Waals surface area contributed by atoms with Gasteiger partial charge in [0, 0.05) is 11.1 Å². The first-order chi connectivity index (χ1) is 15.1. The van der Waals surface area contributed by atoms with Gasteiger partial charge in [-0.15, -0.1) is 0 Å². The molecular formula is C23H24N4O4. The Bertz CT molecular complexity index is 892. The van der Waals surface area contributed by atoms with Crippen molar-refractivity contribution in [1.82, 2.24) is 10.9 Å². The molecule has 0 aliphatic rings. The highest BCUT2D eigenvalue weighted by Gasteiger charge is 2.08. The van der Waals surface area contributed by atoms with E-state index in [9.17, 15) is 9.59 Å². The van der Waals surface area contributed by atoms with Gasteiger partial charge in [-0.3, -0.25) is 9.59 Å². The van der Waals surface area contributed by atoms with E-state index in [1.54, 1.807) is 36.4 Å². The lowest BCUT2D eigenvalue weighted by molar-refractivity contribution is -0.129. The van der Waals surface area contributed by atoms with Crippen LogP contribution in [0.4, 0.5) is 0 Å². The zero-order chi connectivity index (χ0) is 22.3.